The second kappa shape index (κ2) is 8.42. The Hall–Kier alpha value is -3.23. The van der Waals surface area contributed by atoms with Gasteiger partial charge in [-0.2, -0.15) is 0 Å². The zero-order valence-corrected chi connectivity index (χ0v) is 16.6. The van der Waals surface area contributed by atoms with Crippen LogP contribution in [0.15, 0.2) is 66.1 Å². The maximum Gasteiger partial charge on any atom is 0.338 e. The molecule has 0 atom stereocenters. The van der Waals surface area contributed by atoms with Crippen LogP contribution in [0, 0.1) is 6.92 Å². The van der Waals surface area contributed by atoms with E-state index in [1.54, 1.807) is 6.92 Å². The number of benzene rings is 2. The molecule has 0 radical (unpaired) electrons. The van der Waals surface area contributed by atoms with Crippen LogP contribution in [0.2, 0.25) is 0 Å². The summed E-state index contributed by atoms with van der Waals surface area (Å²) in [7, 11) is -3.78. The van der Waals surface area contributed by atoms with E-state index in [-0.39, 0.29) is 22.8 Å². The molecular formula is C21H20N2O5S. The van der Waals surface area contributed by atoms with Gasteiger partial charge in [0, 0.05) is 28.7 Å². The minimum absolute atomic E-state index is 0.0370. The molecule has 150 valence electrons. The summed E-state index contributed by atoms with van der Waals surface area (Å²) in [5, 5.41) is 0.757. The summed E-state index contributed by atoms with van der Waals surface area (Å²) in [5.74, 6) is -1.12. The van der Waals surface area contributed by atoms with Crippen molar-refractivity contribution in [3.63, 3.8) is 0 Å². The van der Waals surface area contributed by atoms with Gasteiger partial charge in [0.25, 0.3) is 0 Å². The second-order valence-electron chi connectivity index (χ2n) is 6.34. The Morgan fingerprint density at radius 1 is 1.17 bits per heavy atom. The standard InChI is InChI=1S/C21H20N2O5S/c1-3-11-22-29(26,27)16-8-6-7-15(12-16)21(25)28-13-19(24)20-14(2)23-18-10-5-4-9-17(18)20/h3-10,12,22-23H,1,11,13H2,2H3. The molecule has 0 unspecified atom stereocenters. The van der Waals surface area contributed by atoms with E-state index >= 15 is 0 Å². The van der Waals surface area contributed by atoms with E-state index in [2.05, 4.69) is 16.3 Å². The fraction of sp³-hybridized carbons (Fsp3) is 0.143. The molecular weight excluding hydrogens is 392 g/mol. The molecule has 0 aliphatic rings. The zero-order valence-electron chi connectivity index (χ0n) is 15.8. The Labute approximate surface area is 168 Å². The summed E-state index contributed by atoms with van der Waals surface area (Å²) in [4.78, 5) is 28.0. The minimum Gasteiger partial charge on any atom is -0.454 e. The van der Waals surface area contributed by atoms with E-state index in [4.69, 9.17) is 4.74 Å². The highest BCUT2D eigenvalue weighted by atomic mass is 32.2. The first-order chi connectivity index (χ1) is 13.8. The van der Waals surface area contributed by atoms with Crippen molar-refractivity contribution >= 4 is 32.7 Å². The van der Waals surface area contributed by atoms with Crippen LogP contribution < -0.4 is 4.72 Å². The monoisotopic (exact) mass is 412 g/mol. The zero-order chi connectivity index (χ0) is 21.0. The van der Waals surface area contributed by atoms with Crippen LogP contribution in [0.3, 0.4) is 0 Å². The Balaban J connectivity index is 1.74. The van der Waals surface area contributed by atoms with Crippen molar-refractivity contribution in [1.29, 1.82) is 0 Å². The largest absolute Gasteiger partial charge is 0.454 e. The molecule has 3 aromatic rings. The smallest absolute Gasteiger partial charge is 0.338 e. The van der Waals surface area contributed by atoms with Crippen molar-refractivity contribution < 1.29 is 22.7 Å². The Kier molecular flexibility index (Phi) is 5.95. The number of ether oxygens (including phenoxy) is 1. The van der Waals surface area contributed by atoms with Crippen LogP contribution in [0.1, 0.15) is 26.4 Å². The van der Waals surface area contributed by atoms with Crippen LogP contribution in [0.25, 0.3) is 10.9 Å². The Bertz CT molecular complexity index is 1190. The number of nitrogens with one attached hydrogen (secondary N) is 2. The number of aryl methyl sites for hydroxylation is 1. The summed E-state index contributed by atoms with van der Waals surface area (Å²) in [5.41, 5.74) is 2.02. The fourth-order valence-corrected chi connectivity index (χ4v) is 4.01. The second-order valence-corrected chi connectivity index (χ2v) is 8.11. The van der Waals surface area contributed by atoms with Crippen LogP contribution in [0.5, 0.6) is 0 Å². The van der Waals surface area contributed by atoms with E-state index in [1.165, 1.54) is 30.3 Å². The van der Waals surface area contributed by atoms with Crippen molar-refractivity contribution in [3.8, 4) is 0 Å². The lowest BCUT2D eigenvalue weighted by molar-refractivity contribution is 0.0474. The first kappa shape index (κ1) is 20.5. The maximum absolute atomic E-state index is 12.6. The molecule has 2 aromatic carbocycles. The molecule has 3 rings (SSSR count). The Morgan fingerprint density at radius 3 is 2.69 bits per heavy atom. The van der Waals surface area contributed by atoms with Gasteiger partial charge in [-0.05, 0) is 31.2 Å². The molecule has 1 heterocycles. The molecule has 0 aliphatic carbocycles. The number of aromatic nitrogens is 1. The molecule has 0 amide bonds. The normalized spacial score (nSPS) is 11.3. The van der Waals surface area contributed by atoms with E-state index in [1.807, 2.05) is 24.3 Å². The van der Waals surface area contributed by atoms with Gasteiger partial charge in [-0.25, -0.2) is 17.9 Å². The van der Waals surface area contributed by atoms with Crippen molar-refractivity contribution in [2.24, 2.45) is 0 Å². The number of aromatic amines is 1. The van der Waals surface area contributed by atoms with Crippen LogP contribution in [0.4, 0.5) is 0 Å². The number of hydrogen-bond donors (Lipinski definition) is 2. The number of Topliss-reactive ketones (excluding diaryl/α,β-unsaturated/α-hetero) is 1. The molecule has 0 bridgehead atoms. The van der Waals surface area contributed by atoms with Crippen LogP contribution >= 0.6 is 0 Å². The predicted octanol–water partition coefficient (Wildman–Crippen LogP) is 2.98. The third-order valence-electron chi connectivity index (χ3n) is 4.30. The third-order valence-corrected chi connectivity index (χ3v) is 5.73. The van der Waals surface area contributed by atoms with Gasteiger partial charge in [-0.15, -0.1) is 6.58 Å². The van der Waals surface area contributed by atoms with E-state index in [0.29, 0.717) is 11.3 Å². The lowest BCUT2D eigenvalue weighted by Gasteiger charge is -2.08. The topological polar surface area (TPSA) is 105 Å². The number of esters is 1. The lowest BCUT2D eigenvalue weighted by atomic mass is 10.1. The number of para-hydroxylation sites is 1. The summed E-state index contributed by atoms with van der Waals surface area (Å²) < 4.78 is 31.8. The molecule has 0 aliphatic heterocycles. The van der Waals surface area contributed by atoms with Crippen molar-refractivity contribution in [2.45, 2.75) is 11.8 Å². The van der Waals surface area contributed by atoms with E-state index < -0.39 is 22.6 Å². The molecule has 1 aromatic heterocycles. The first-order valence-electron chi connectivity index (χ1n) is 8.81. The molecule has 7 nitrogen and oxygen atoms in total. The van der Waals surface area contributed by atoms with Crippen molar-refractivity contribution in [2.75, 3.05) is 13.2 Å². The lowest BCUT2D eigenvalue weighted by Crippen LogP contribution is -2.24. The van der Waals surface area contributed by atoms with Crippen molar-refractivity contribution in [3.05, 3.63) is 78.0 Å². The van der Waals surface area contributed by atoms with Gasteiger partial charge in [-0.1, -0.05) is 30.3 Å². The number of fused-ring (bicyclic) bond motifs is 1. The van der Waals surface area contributed by atoms with Crippen molar-refractivity contribution in [1.82, 2.24) is 9.71 Å². The summed E-state index contributed by atoms with van der Waals surface area (Å²) in [6.07, 6.45) is 1.41. The van der Waals surface area contributed by atoms with Gasteiger partial charge in [0.15, 0.2) is 6.61 Å². The first-order valence-corrected chi connectivity index (χ1v) is 10.3. The average Bonchev–Trinajstić information content (AvgIpc) is 3.06. The van der Waals surface area contributed by atoms with Gasteiger partial charge in [0.05, 0.1) is 10.5 Å². The molecule has 0 spiro atoms. The number of ketones is 1. The maximum atomic E-state index is 12.6. The summed E-state index contributed by atoms with van der Waals surface area (Å²) >= 11 is 0. The molecule has 0 saturated carbocycles. The molecule has 0 saturated heterocycles. The highest BCUT2D eigenvalue weighted by Crippen LogP contribution is 2.22. The summed E-state index contributed by atoms with van der Waals surface area (Å²) in [6, 6.07) is 12.8. The third kappa shape index (κ3) is 4.44. The van der Waals surface area contributed by atoms with Gasteiger partial charge in [-0.3, -0.25) is 4.79 Å². The van der Waals surface area contributed by atoms with Crippen LogP contribution in [-0.2, 0) is 14.8 Å². The minimum atomic E-state index is -3.78. The van der Waals surface area contributed by atoms with E-state index in [9.17, 15) is 18.0 Å². The number of hydrogen-bond acceptors (Lipinski definition) is 5. The molecule has 2 N–H and O–H groups in total. The number of carbonyl (C=O) groups is 2. The average molecular weight is 412 g/mol. The molecule has 29 heavy (non-hydrogen) atoms. The number of carbonyl (C=O) groups excluding carboxylic acids is 2. The summed E-state index contributed by atoms with van der Waals surface area (Å²) in [6.45, 7) is 4.85. The van der Waals surface area contributed by atoms with Gasteiger partial charge >= 0.3 is 5.97 Å². The van der Waals surface area contributed by atoms with Gasteiger partial charge in [0.1, 0.15) is 0 Å². The van der Waals surface area contributed by atoms with E-state index in [0.717, 1.165) is 10.9 Å². The van der Waals surface area contributed by atoms with Gasteiger partial charge < -0.3 is 9.72 Å². The van der Waals surface area contributed by atoms with Crippen LogP contribution in [-0.4, -0.2) is 38.3 Å². The SMILES string of the molecule is C=CCNS(=O)(=O)c1cccc(C(=O)OCC(=O)c2c(C)[nH]c3ccccc23)c1. The predicted molar refractivity (Wildman–Crippen MR) is 109 cm³/mol. The number of H-pyrrole nitrogens is 1. The highest BCUT2D eigenvalue weighted by Gasteiger charge is 2.19. The number of rotatable bonds is 8. The number of sulfonamides is 1. The quantitative estimate of drug-likeness (QED) is 0.336. The molecule has 8 heteroatoms. The fourth-order valence-electron chi connectivity index (χ4n) is 2.96. The highest BCUT2D eigenvalue weighted by molar-refractivity contribution is 7.89. The molecule has 0 fully saturated rings. The Morgan fingerprint density at radius 2 is 1.93 bits per heavy atom. The van der Waals surface area contributed by atoms with Gasteiger partial charge in [0.2, 0.25) is 15.8 Å².